The monoisotopic (exact) mass is 419 g/mol. The lowest BCUT2D eigenvalue weighted by Crippen LogP contribution is -2.43. The number of benzene rings is 1. The van der Waals surface area contributed by atoms with E-state index >= 15 is 0 Å². The van der Waals surface area contributed by atoms with E-state index in [-0.39, 0.29) is 0 Å². The van der Waals surface area contributed by atoms with E-state index in [9.17, 15) is 0 Å². The second-order valence-corrected chi connectivity index (χ2v) is 7.93. The third-order valence-corrected chi connectivity index (χ3v) is 5.85. The highest BCUT2D eigenvalue weighted by Crippen LogP contribution is 2.31. The molecule has 1 aromatic carbocycles. The standard InChI is InChI=1S/C23H29N7O/c24-20-16-21(28-23(20)30-9-7-25-8-10-30)17-5-6-26-22(15-17)27-18-1-3-19(4-2-18)29-11-13-31-14-12-29/h1-6,15-16,25,28H,7-14,24H2,(H,26,27). The maximum absolute atomic E-state index is 6.31. The summed E-state index contributed by atoms with van der Waals surface area (Å²) >= 11 is 0. The molecule has 0 spiro atoms. The molecule has 5 rings (SSSR count). The third-order valence-electron chi connectivity index (χ3n) is 5.85. The van der Waals surface area contributed by atoms with Gasteiger partial charge in [0.15, 0.2) is 0 Å². The second kappa shape index (κ2) is 8.87. The molecule has 0 bridgehead atoms. The van der Waals surface area contributed by atoms with Gasteiger partial charge < -0.3 is 35.9 Å². The minimum absolute atomic E-state index is 0.780. The van der Waals surface area contributed by atoms with Crippen molar-refractivity contribution >= 4 is 28.7 Å². The van der Waals surface area contributed by atoms with Gasteiger partial charge in [0.2, 0.25) is 0 Å². The van der Waals surface area contributed by atoms with E-state index in [1.54, 1.807) is 0 Å². The number of hydrogen-bond acceptors (Lipinski definition) is 7. The number of anilines is 5. The van der Waals surface area contributed by atoms with E-state index < -0.39 is 0 Å². The Morgan fingerprint density at radius 2 is 1.71 bits per heavy atom. The minimum atomic E-state index is 0.780. The maximum Gasteiger partial charge on any atom is 0.130 e. The molecule has 0 amide bonds. The summed E-state index contributed by atoms with van der Waals surface area (Å²) in [7, 11) is 0. The Kier molecular flexibility index (Phi) is 5.64. The number of H-pyrrole nitrogens is 1. The van der Waals surface area contributed by atoms with Crippen molar-refractivity contribution in [3.63, 3.8) is 0 Å². The van der Waals surface area contributed by atoms with Crippen LogP contribution in [0.2, 0.25) is 0 Å². The molecule has 0 unspecified atom stereocenters. The van der Waals surface area contributed by atoms with Crippen LogP contribution in [0.15, 0.2) is 48.7 Å². The molecule has 2 aliphatic heterocycles. The van der Waals surface area contributed by atoms with Gasteiger partial charge in [0.1, 0.15) is 11.6 Å². The summed E-state index contributed by atoms with van der Waals surface area (Å²) < 4.78 is 5.44. The van der Waals surface area contributed by atoms with Crippen molar-refractivity contribution in [2.45, 2.75) is 0 Å². The molecule has 2 aliphatic rings. The first-order valence-electron chi connectivity index (χ1n) is 10.9. The third kappa shape index (κ3) is 4.45. The maximum atomic E-state index is 6.31. The smallest absolute Gasteiger partial charge is 0.130 e. The van der Waals surface area contributed by atoms with Crippen molar-refractivity contribution in [3.8, 4) is 11.3 Å². The minimum Gasteiger partial charge on any atom is -0.396 e. The van der Waals surface area contributed by atoms with Crippen LogP contribution in [0.4, 0.5) is 28.7 Å². The van der Waals surface area contributed by atoms with Crippen molar-refractivity contribution in [3.05, 3.63) is 48.7 Å². The number of nitrogens with one attached hydrogen (secondary N) is 3. The molecule has 4 heterocycles. The van der Waals surface area contributed by atoms with Crippen molar-refractivity contribution < 1.29 is 4.74 Å². The van der Waals surface area contributed by atoms with Gasteiger partial charge >= 0.3 is 0 Å². The molecular formula is C23H29N7O. The van der Waals surface area contributed by atoms with Gasteiger partial charge in [-0.15, -0.1) is 0 Å². The first-order valence-corrected chi connectivity index (χ1v) is 10.9. The molecule has 8 nitrogen and oxygen atoms in total. The van der Waals surface area contributed by atoms with Gasteiger partial charge in [-0.2, -0.15) is 0 Å². The average Bonchev–Trinajstić information content (AvgIpc) is 3.23. The van der Waals surface area contributed by atoms with Crippen LogP contribution in [0, 0.1) is 0 Å². The lowest BCUT2D eigenvalue weighted by Gasteiger charge is -2.28. The Balaban J connectivity index is 1.30. The van der Waals surface area contributed by atoms with Crippen molar-refractivity contribution in [2.24, 2.45) is 0 Å². The van der Waals surface area contributed by atoms with Crippen LogP contribution in [0.25, 0.3) is 11.3 Å². The van der Waals surface area contributed by atoms with Crippen LogP contribution in [-0.4, -0.2) is 62.5 Å². The largest absolute Gasteiger partial charge is 0.396 e. The number of morpholine rings is 1. The molecule has 3 aromatic rings. The van der Waals surface area contributed by atoms with E-state index in [1.165, 1.54) is 5.69 Å². The predicted octanol–water partition coefficient (Wildman–Crippen LogP) is 2.65. The molecule has 0 radical (unpaired) electrons. The van der Waals surface area contributed by atoms with Gasteiger partial charge in [-0.05, 0) is 42.5 Å². The number of piperazine rings is 1. The fraction of sp³-hybridized carbons (Fsp3) is 0.348. The summed E-state index contributed by atoms with van der Waals surface area (Å²) in [5.74, 6) is 1.80. The number of ether oxygens (including phenoxy) is 1. The summed E-state index contributed by atoms with van der Waals surface area (Å²) in [4.78, 5) is 12.6. The Bertz CT molecular complexity index is 1010. The first kappa shape index (κ1) is 19.7. The molecule has 2 saturated heterocycles. The zero-order valence-electron chi connectivity index (χ0n) is 17.6. The Morgan fingerprint density at radius 3 is 2.48 bits per heavy atom. The normalized spacial score (nSPS) is 17.0. The van der Waals surface area contributed by atoms with E-state index in [4.69, 9.17) is 10.5 Å². The van der Waals surface area contributed by atoms with Gasteiger partial charge in [-0.25, -0.2) is 4.98 Å². The lowest BCUT2D eigenvalue weighted by atomic mass is 10.2. The lowest BCUT2D eigenvalue weighted by molar-refractivity contribution is 0.122. The molecule has 0 atom stereocenters. The summed E-state index contributed by atoms with van der Waals surface area (Å²) in [5.41, 5.74) is 11.4. The van der Waals surface area contributed by atoms with Crippen LogP contribution >= 0.6 is 0 Å². The number of hydrogen-bond donors (Lipinski definition) is 4. The van der Waals surface area contributed by atoms with Crippen molar-refractivity contribution in [1.82, 2.24) is 15.3 Å². The summed E-state index contributed by atoms with van der Waals surface area (Å²) in [6.45, 7) is 7.30. The molecular weight excluding hydrogens is 390 g/mol. The van der Waals surface area contributed by atoms with Crippen LogP contribution < -0.4 is 26.2 Å². The fourth-order valence-corrected chi connectivity index (χ4v) is 4.16. The van der Waals surface area contributed by atoms with Crippen LogP contribution in [0.5, 0.6) is 0 Å². The highest BCUT2D eigenvalue weighted by atomic mass is 16.5. The number of nitrogens with two attached hydrogens (primary N) is 1. The van der Waals surface area contributed by atoms with Crippen LogP contribution in [0.3, 0.4) is 0 Å². The van der Waals surface area contributed by atoms with Crippen molar-refractivity contribution in [2.75, 3.05) is 73.3 Å². The SMILES string of the molecule is Nc1cc(-c2ccnc(Nc3ccc(N4CCOCC4)cc3)c2)[nH]c1N1CCNCC1. The Labute approximate surface area is 182 Å². The number of rotatable bonds is 5. The van der Waals surface area contributed by atoms with Crippen molar-refractivity contribution in [1.29, 1.82) is 0 Å². The number of nitrogen functional groups attached to an aromatic ring is 1. The quantitative estimate of drug-likeness (QED) is 0.505. The average molecular weight is 420 g/mol. The second-order valence-electron chi connectivity index (χ2n) is 7.93. The molecule has 0 saturated carbocycles. The summed E-state index contributed by atoms with van der Waals surface area (Å²) in [6, 6.07) is 14.5. The van der Waals surface area contributed by atoms with Crippen LogP contribution in [-0.2, 0) is 4.74 Å². The van der Waals surface area contributed by atoms with E-state index in [1.807, 2.05) is 24.4 Å². The van der Waals surface area contributed by atoms with Gasteiger partial charge in [0, 0.05) is 68.1 Å². The molecule has 162 valence electrons. The number of pyridine rings is 1. The van der Waals surface area contributed by atoms with Crippen LogP contribution in [0.1, 0.15) is 0 Å². The molecule has 2 aromatic heterocycles. The summed E-state index contributed by atoms with van der Waals surface area (Å²) in [6.07, 6.45) is 1.82. The summed E-state index contributed by atoms with van der Waals surface area (Å²) in [5, 5.41) is 6.78. The number of aromatic nitrogens is 2. The van der Waals surface area contributed by atoms with Gasteiger partial charge in [0.05, 0.1) is 18.9 Å². The molecule has 0 aliphatic carbocycles. The Hall–Kier alpha value is -3.23. The van der Waals surface area contributed by atoms with E-state index in [2.05, 4.69) is 54.7 Å². The van der Waals surface area contributed by atoms with E-state index in [0.29, 0.717) is 0 Å². The number of nitrogens with zero attached hydrogens (tertiary/aromatic N) is 3. The zero-order valence-corrected chi connectivity index (χ0v) is 17.6. The molecule has 31 heavy (non-hydrogen) atoms. The van der Waals surface area contributed by atoms with E-state index in [0.717, 1.165) is 86.8 Å². The molecule has 2 fully saturated rings. The predicted molar refractivity (Wildman–Crippen MR) is 126 cm³/mol. The number of aromatic amines is 1. The Morgan fingerprint density at radius 1 is 0.935 bits per heavy atom. The topological polar surface area (TPSA) is 94.5 Å². The highest BCUT2D eigenvalue weighted by Gasteiger charge is 2.17. The fourth-order valence-electron chi connectivity index (χ4n) is 4.16. The van der Waals surface area contributed by atoms with Gasteiger partial charge in [-0.3, -0.25) is 0 Å². The highest BCUT2D eigenvalue weighted by molar-refractivity contribution is 5.76. The van der Waals surface area contributed by atoms with Gasteiger partial charge in [0.25, 0.3) is 0 Å². The molecule has 5 N–H and O–H groups in total. The first-order chi connectivity index (χ1) is 15.3. The zero-order chi connectivity index (χ0) is 21.0. The van der Waals surface area contributed by atoms with Gasteiger partial charge in [-0.1, -0.05) is 0 Å². The molecule has 8 heteroatoms.